The van der Waals surface area contributed by atoms with E-state index in [1.807, 2.05) is 6.07 Å². The maximum atomic E-state index is 12.0. The highest BCUT2D eigenvalue weighted by Gasteiger charge is 2.20. The smallest absolute Gasteiger partial charge is 0.374 e. The molecule has 0 aliphatic carbocycles. The van der Waals surface area contributed by atoms with Crippen LogP contribution in [0.4, 0.5) is 0 Å². The van der Waals surface area contributed by atoms with Crippen molar-refractivity contribution < 1.29 is 9.53 Å². The molecular weight excluding hydrogens is 264 g/mol. The van der Waals surface area contributed by atoms with Crippen molar-refractivity contribution >= 4 is 27.5 Å². The number of fused-ring (bicyclic) bond motifs is 1. The van der Waals surface area contributed by atoms with Gasteiger partial charge < -0.3 is 9.72 Å². The van der Waals surface area contributed by atoms with E-state index in [9.17, 15) is 9.59 Å². The molecule has 0 spiro atoms. The number of hydrogen-bond donors (Lipinski definition) is 1. The predicted molar refractivity (Wildman–Crippen MR) is 74.9 cm³/mol. The van der Waals surface area contributed by atoms with Crippen LogP contribution in [0.15, 0.2) is 10.9 Å². The average molecular weight is 280 g/mol. The van der Waals surface area contributed by atoms with Crippen molar-refractivity contribution in [2.45, 2.75) is 33.1 Å². The highest BCUT2D eigenvalue weighted by molar-refractivity contribution is 7.18. The highest BCUT2D eigenvalue weighted by atomic mass is 32.1. The van der Waals surface area contributed by atoms with Crippen molar-refractivity contribution in [2.75, 3.05) is 6.61 Å². The topological polar surface area (TPSA) is 72.0 Å². The summed E-state index contributed by atoms with van der Waals surface area (Å²) in [5.74, 6) is -0.645. The minimum absolute atomic E-state index is 0.0401. The second-order valence-electron chi connectivity index (χ2n) is 5.21. The molecule has 1 N–H and O–H groups in total. The van der Waals surface area contributed by atoms with E-state index in [2.05, 4.69) is 30.7 Å². The number of thiophene rings is 1. The molecule has 102 valence electrons. The van der Waals surface area contributed by atoms with Crippen LogP contribution in [0.3, 0.4) is 0 Å². The van der Waals surface area contributed by atoms with Gasteiger partial charge in [-0.05, 0) is 18.4 Å². The van der Waals surface area contributed by atoms with E-state index in [0.29, 0.717) is 10.2 Å². The average Bonchev–Trinajstić information content (AvgIpc) is 2.73. The molecule has 2 rings (SSSR count). The van der Waals surface area contributed by atoms with E-state index < -0.39 is 5.97 Å². The van der Waals surface area contributed by atoms with E-state index in [0.717, 1.165) is 4.88 Å². The number of esters is 1. The highest BCUT2D eigenvalue weighted by Crippen LogP contribution is 2.31. The van der Waals surface area contributed by atoms with E-state index in [-0.39, 0.29) is 23.4 Å². The fourth-order valence-corrected chi connectivity index (χ4v) is 2.69. The summed E-state index contributed by atoms with van der Waals surface area (Å²) in [7, 11) is 0. The molecule has 2 aromatic rings. The van der Waals surface area contributed by atoms with Crippen molar-refractivity contribution in [3.8, 4) is 0 Å². The van der Waals surface area contributed by atoms with Gasteiger partial charge in [0.05, 0.1) is 12.0 Å². The Kier molecular flexibility index (Phi) is 3.45. The number of rotatable bonds is 2. The molecule has 0 aromatic carbocycles. The number of carbonyl (C=O) groups excluding carboxylic acids is 1. The van der Waals surface area contributed by atoms with Gasteiger partial charge in [-0.15, -0.1) is 11.3 Å². The van der Waals surface area contributed by atoms with Crippen LogP contribution in [0.5, 0.6) is 0 Å². The van der Waals surface area contributed by atoms with Crippen LogP contribution >= 0.6 is 11.3 Å². The third-order valence-electron chi connectivity index (χ3n) is 2.61. The Morgan fingerprint density at radius 2 is 2.16 bits per heavy atom. The number of nitrogens with zero attached hydrogens (tertiary/aromatic N) is 1. The van der Waals surface area contributed by atoms with Crippen LogP contribution in [-0.4, -0.2) is 22.5 Å². The Morgan fingerprint density at radius 3 is 2.74 bits per heavy atom. The number of aromatic nitrogens is 2. The second-order valence-corrected chi connectivity index (χ2v) is 6.25. The zero-order chi connectivity index (χ0) is 14.2. The lowest BCUT2D eigenvalue weighted by atomic mass is 9.94. The Morgan fingerprint density at radius 1 is 1.47 bits per heavy atom. The van der Waals surface area contributed by atoms with E-state index in [1.54, 1.807) is 6.92 Å². The van der Waals surface area contributed by atoms with Crippen LogP contribution in [0.1, 0.15) is 43.2 Å². The summed E-state index contributed by atoms with van der Waals surface area (Å²) in [6, 6.07) is 1.83. The zero-order valence-electron chi connectivity index (χ0n) is 11.4. The molecule has 5 nitrogen and oxygen atoms in total. The normalized spacial score (nSPS) is 11.8. The number of carbonyl (C=O) groups is 1. The minimum atomic E-state index is -0.604. The van der Waals surface area contributed by atoms with Crippen molar-refractivity contribution in [1.29, 1.82) is 0 Å². The molecule has 0 saturated heterocycles. The SMILES string of the molecule is CCOC(=O)c1nc2sc(C(C)(C)C)cc2c(=O)[nH]1. The van der Waals surface area contributed by atoms with Gasteiger partial charge in [-0.2, -0.15) is 0 Å². The lowest BCUT2D eigenvalue weighted by molar-refractivity contribution is 0.0512. The number of ether oxygens (including phenoxy) is 1. The monoisotopic (exact) mass is 280 g/mol. The molecule has 0 radical (unpaired) electrons. The van der Waals surface area contributed by atoms with Crippen LogP contribution in [-0.2, 0) is 10.2 Å². The first kappa shape index (κ1) is 13.7. The summed E-state index contributed by atoms with van der Waals surface area (Å²) < 4.78 is 4.84. The van der Waals surface area contributed by atoms with E-state index in [1.165, 1.54) is 11.3 Å². The number of hydrogen-bond acceptors (Lipinski definition) is 5. The fourth-order valence-electron chi connectivity index (χ4n) is 1.60. The number of aromatic amines is 1. The first-order valence-corrected chi connectivity index (χ1v) is 6.86. The van der Waals surface area contributed by atoms with Crippen LogP contribution in [0, 0.1) is 0 Å². The van der Waals surface area contributed by atoms with Gasteiger partial charge in [0.2, 0.25) is 5.82 Å². The molecule has 19 heavy (non-hydrogen) atoms. The molecule has 0 atom stereocenters. The maximum absolute atomic E-state index is 12.0. The summed E-state index contributed by atoms with van der Waals surface area (Å²) >= 11 is 1.43. The van der Waals surface area contributed by atoms with Crippen molar-refractivity contribution in [2.24, 2.45) is 0 Å². The summed E-state index contributed by atoms with van der Waals surface area (Å²) in [5.41, 5.74) is -0.359. The first-order valence-electron chi connectivity index (χ1n) is 6.04. The molecule has 2 heterocycles. The van der Waals surface area contributed by atoms with Crippen LogP contribution < -0.4 is 5.56 Å². The largest absolute Gasteiger partial charge is 0.460 e. The number of H-pyrrole nitrogens is 1. The summed E-state index contributed by atoms with van der Waals surface area (Å²) in [5, 5.41) is 0.517. The Hall–Kier alpha value is -1.69. The Labute approximate surface area is 114 Å². The molecule has 2 aromatic heterocycles. The lowest BCUT2D eigenvalue weighted by Crippen LogP contribution is -2.17. The third-order valence-corrected chi connectivity index (χ3v) is 4.07. The van der Waals surface area contributed by atoms with Gasteiger partial charge in [-0.3, -0.25) is 4.79 Å². The summed E-state index contributed by atoms with van der Waals surface area (Å²) in [6.45, 7) is 8.16. The zero-order valence-corrected chi connectivity index (χ0v) is 12.2. The molecule has 0 fully saturated rings. The Bertz CT molecular complexity index is 679. The molecule has 0 amide bonds. The van der Waals surface area contributed by atoms with Gasteiger partial charge in [0.15, 0.2) is 0 Å². The van der Waals surface area contributed by atoms with Gasteiger partial charge >= 0.3 is 5.97 Å². The molecular formula is C13H16N2O3S. The third kappa shape index (κ3) is 2.68. The fraction of sp³-hybridized carbons (Fsp3) is 0.462. The standard InChI is InChI=1S/C13H16N2O3S/c1-5-18-12(17)9-14-10(16)7-6-8(13(2,3)4)19-11(7)15-9/h6H,5H2,1-4H3,(H,14,15,16). The first-order chi connectivity index (χ1) is 8.82. The molecule has 0 bridgehead atoms. The quantitative estimate of drug-likeness (QED) is 0.858. The van der Waals surface area contributed by atoms with Crippen molar-refractivity contribution in [1.82, 2.24) is 9.97 Å². The van der Waals surface area contributed by atoms with Gasteiger partial charge in [-0.25, -0.2) is 9.78 Å². The van der Waals surface area contributed by atoms with Gasteiger partial charge in [0, 0.05) is 4.88 Å². The van der Waals surface area contributed by atoms with E-state index in [4.69, 9.17) is 4.74 Å². The number of nitrogens with one attached hydrogen (secondary N) is 1. The molecule has 0 aliphatic heterocycles. The van der Waals surface area contributed by atoms with Crippen molar-refractivity contribution in [3.63, 3.8) is 0 Å². The van der Waals surface area contributed by atoms with Gasteiger partial charge in [0.25, 0.3) is 5.56 Å². The lowest BCUT2D eigenvalue weighted by Gasteiger charge is -2.14. The Balaban J connectivity index is 2.57. The molecule has 6 heteroatoms. The van der Waals surface area contributed by atoms with Gasteiger partial charge in [0.1, 0.15) is 4.83 Å². The second kappa shape index (κ2) is 4.77. The maximum Gasteiger partial charge on any atom is 0.374 e. The van der Waals surface area contributed by atoms with Gasteiger partial charge in [-0.1, -0.05) is 20.8 Å². The minimum Gasteiger partial charge on any atom is -0.460 e. The summed E-state index contributed by atoms with van der Waals surface area (Å²) in [6.07, 6.45) is 0. The predicted octanol–water partition coefficient (Wildman–Crippen LogP) is 2.46. The van der Waals surface area contributed by atoms with E-state index >= 15 is 0 Å². The van der Waals surface area contributed by atoms with Crippen LogP contribution in [0.2, 0.25) is 0 Å². The summed E-state index contributed by atoms with van der Waals surface area (Å²) in [4.78, 5) is 31.8. The van der Waals surface area contributed by atoms with Crippen LogP contribution in [0.25, 0.3) is 10.2 Å². The molecule has 0 unspecified atom stereocenters. The molecule has 0 aliphatic rings. The molecule has 0 saturated carbocycles. The van der Waals surface area contributed by atoms with Crippen molar-refractivity contribution in [3.05, 3.63) is 27.1 Å².